The van der Waals surface area contributed by atoms with Crippen molar-refractivity contribution < 1.29 is 37.4 Å². The number of nitrogens with two attached hydrogens (primary N) is 1. The number of benzene rings is 4. The molecule has 4 amide bonds. The largest absolute Gasteiger partial charge is 0.494 e. The van der Waals surface area contributed by atoms with E-state index >= 15 is 8.78 Å². The monoisotopic (exact) mass is 951 g/mol. The highest BCUT2D eigenvalue weighted by molar-refractivity contribution is 6.34. The number of halogens is 3. The first kappa shape index (κ1) is 48.4. The number of carbonyl (C=O) groups is 4. The topological polar surface area (TPSA) is 170 Å². The summed E-state index contributed by atoms with van der Waals surface area (Å²) in [4.78, 5) is 52.0. The number of piperidine rings is 2. The van der Waals surface area contributed by atoms with Crippen molar-refractivity contribution in [2.45, 2.75) is 107 Å². The molecule has 2 saturated heterocycles. The van der Waals surface area contributed by atoms with Crippen LogP contribution in [0.1, 0.15) is 123 Å². The first-order chi connectivity index (χ1) is 32.8. The van der Waals surface area contributed by atoms with E-state index in [1.54, 1.807) is 4.68 Å². The Kier molecular flexibility index (Phi) is 15.0. The van der Waals surface area contributed by atoms with Crippen LogP contribution >= 0.6 is 11.6 Å². The Morgan fingerprint density at radius 3 is 2.38 bits per heavy atom. The molecule has 2 fully saturated rings. The number of hydrogen-bond acceptors (Lipinski definition) is 9. The van der Waals surface area contributed by atoms with Crippen LogP contribution in [0.25, 0.3) is 22.0 Å². The zero-order valence-electron chi connectivity index (χ0n) is 38.9. The van der Waals surface area contributed by atoms with Crippen LogP contribution in [0.3, 0.4) is 0 Å². The van der Waals surface area contributed by atoms with Crippen molar-refractivity contribution in [3.05, 3.63) is 106 Å². The summed E-state index contributed by atoms with van der Waals surface area (Å²) in [5, 5.41) is 14.9. The molecule has 3 atom stereocenters. The summed E-state index contributed by atoms with van der Waals surface area (Å²) in [5.74, 6) is -3.84. The van der Waals surface area contributed by atoms with Gasteiger partial charge in [0.05, 0.1) is 34.8 Å². The third-order valence-electron chi connectivity index (χ3n) is 14.1. The zero-order chi connectivity index (χ0) is 48.1. The van der Waals surface area contributed by atoms with E-state index in [0.717, 1.165) is 86.5 Å². The van der Waals surface area contributed by atoms with Crippen molar-refractivity contribution in [3.63, 3.8) is 0 Å². The fraction of sp³-hybridized carbons (Fsp3) is 0.442. The van der Waals surface area contributed by atoms with Crippen LogP contribution in [-0.4, -0.2) is 77.6 Å². The van der Waals surface area contributed by atoms with Gasteiger partial charge in [-0.15, -0.1) is 0 Å². The predicted molar refractivity (Wildman–Crippen MR) is 258 cm³/mol. The molecule has 13 nitrogen and oxygen atoms in total. The van der Waals surface area contributed by atoms with Crippen LogP contribution in [0.15, 0.2) is 66.7 Å². The van der Waals surface area contributed by atoms with Crippen LogP contribution < -0.4 is 31.2 Å². The van der Waals surface area contributed by atoms with Crippen LogP contribution in [0.2, 0.25) is 5.02 Å². The SMILES string of the molecule is COc1ccc(C(N)=O)c(-c2c(Cl)c(F)cc3c2[C@H](C)[C@@](CNC2CCN(C(=O)CCCCCCCCCNc4ccc5c(C6CCC(=O)NC6=O)nn(C)c5c4)CC2)(c2ccccc2)O3)c1F. The lowest BCUT2D eigenvalue weighted by atomic mass is 9.77. The van der Waals surface area contributed by atoms with Gasteiger partial charge in [0.2, 0.25) is 23.6 Å². The van der Waals surface area contributed by atoms with Gasteiger partial charge in [-0.25, -0.2) is 8.78 Å². The molecule has 0 spiro atoms. The fourth-order valence-electron chi connectivity index (χ4n) is 10.3. The first-order valence-electron chi connectivity index (χ1n) is 23.8. The van der Waals surface area contributed by atoms with Gasteiger partial charge in [0.1, 0.15) is 11.6 Å². The zero-order valence-corrected chi connectivity index (χ0v) is 39.7. The Bertz CT molecular complexity index is 2690. The molecule has 3 aliphatic heterocycles. The number of aryl methyl sites for hydroxylation is 1. The number of likely N-dealkylation sites (tertiary alicyclic amines) is 1. The summed E-state index contributed by atoms with van der Waals surface area (Å²) in [6.07, 6.45) is 10.2. The highest BCUT2D eigenvalue weighted by Gasteiger charge is 2.50. The number of carbonyl (C=O) groups excluding carboxylic acids is 4. The van der Waals surface area contributed by atoms with E-state index in [1.165, 1.54) is 25.3 Å². The number of methoxy groups -OCH3 is 1. The molecule has 0 aliphatic carbocycles. The molecule has 3 aliphatic rings. The number of unbranched alkanes of at least 4 members (excludes halogenated alkanes) is 6. The van der Waals surface area contributed by atoms with Crippen molar-refractivity contribution in [1.29, 1.82) is 0 Å². The van der Waals surface area contributed by atoms with E-state index in [0.29, 0.717) is 50.2 Å². The number of amides is 4. The molecular formula is C52H60ClF2N7O6. The van der Waals surface area contributed by atoms with Crippen LogP contribution in [-0.2, 0) is 27.0 Å². The second-order valence-corrected chi connectivity index (χ2v) is 18.7. The molecule has 1 aromatic heterocycles. The Labute approximate surface area is 400 Å². The minimum Gasteiger partial charge on any atom is -0.494 e. The van der Waals surface area contributed by atoms with Gasteiger partial charge < -0.3 is 30.7 Å². The molecule has 4 aromatic carbocycles. The average Bonchev–Trinajstić information content (AvgIpc) is 3.81. The Hall–Kier alpha value is -6.06. The molecular weight excluding hydrogens is 892 g/mol. The number of nitrogens with zero attached hydrogens (tertiary/aromatic N) is 3. The molecule has 0 bridgehead atoms. The van der Waals surface area contributed by atoms with Crippen LogP contribution in [0.4, 0.5) is 14.5 Å². The standard InChI is InChI=1S/C52H60ClF2N7O6/c1-31-44-41(29-38(54)47(53)46(44)45-36(50(56)65)19-21-40(67-3)48(45)55)68-52(31,32-14-10-9-11-15-32)30-58-33-23-26-62(27-24-33)43(64)16-12-7-5-4-6-8-13-25-57-34-17-18-35-39(28-34)61(2)60-49(35)37-20-22-42(63)59-51(37)66/h9-11,14-15,17-19,21,28-29,31,33,37,57-58H,4-8,12-13,16,20,22-27,30H2,1-3H3,(H2,56,65)(H,59,63,66)/t31-,37?,52-/m0/s1. The van der Waals surface area contributed by atoms with Crippen LogP contribution in [0, 0.1) is 11.6 Å². The van der Waals surface area contributed by atoms with Gasteiger partial charge in [0.25, 0.3) is 0 Å². The molecule has 68 heavy (non-hydrogen) atoms. The highest BCUT2D eigenvalue weighted by Crippen LogP contribution is 2.56. The first-order valence-corrected chi connectivity index (χ1v) is 24.2. The lowest BCUT2D eigenvalue weighted by molar-refractivity contribution is -0.134. The number of primary amides is 1. The molecule has 8 rings (SSSR count). The summed E-state index contributed by atoms with van der Waals surface area (Å²) in [6.45, 7) is 4.37. The maximum atomic E-state index is 16.2. The quantitative estimate of drug-likeness (QED) is 0.0466. The van der Waals surface area contributed by atoms with Crippen molar-refractivity contribution in [2.75, 3.05) is 38.6 Å². The molecule has 0 saturated carbocycles. The molecule has 5 aromatic rings. The van der Waals surface area contributed by atoms with Crippen molar-refractivity contribution >= 4 is 51.8 Å². The highest BCUT2D eigenvalue weighted by atomic mass is 35.5. The van der Waals surface area contributed by atoms with E-state index in [1.807, 2.05) is 61.3 Å². The lowest BCUT2D eigenvalue weighted by Gasteiger charge is -2.38. The normalized spacial score (nSPS) is 19.5. The number of anilines is 1. The molecule has 360 valence electrons. The number of nitrogens with one attached hydrogen (secondary N) is 3. The third-order valence-corrected chi connectivity index (χ3v) is 14.5. The lowest BCUT2D eigenvalue weighted by Crippen LogP contribution is -2.50. The maximum Gasteiger partial charge on any atom is 0.249 e. The number of imide groups is 1. The number of aromatic nitrogens is 2. The second-order valence-electron chi connectivity index (χ2n) is 18.3. The second kappa shape index (κ2) is 21.1. The number of fused-ring (bicyclic) bond motifs is 2. The predicted octanol–water partition coefficient (Wildman–Crippen LogP) is 9.00. The Morgan fingerprint density at radius 2 is 1.68 bits per heavy atom. The van der Waals surface area contributed by atoms with Crippen molar-refractivity contribution in [3.8, 4) is 22.6 Å². The third kappa shape index (κ3) is 9.91. The summed E-state index contributed by atoms with van der Waals surface area (Å²) >= 11 is 6.67. The number of hydrogen-bond donors (Lipinski definition) is 4. The van der Waals surface area contributed by atoms with Gasteiger partial charge in [-0.1, -0.05) is 81.0 Å². The molecule has 1 unspecified atom stereocenters. The Morgan fingerprint density at radius 1 is 0.956 bits per heavy atom. The summed E-state index contributed by atoms with van der Waals surface area (Å²) in [6, 6.07) is 19.6. The van der Waals surface area contributed by atoms with E-state index in [2.05, 4.69) is 27.1 Å². The van der Waals surface area contributed by atoms with Gasteiger partial charge in [-0.3, -0.25) is 29.2 Å². The van der Waals surface area contributed by atoms with E-state index in [9.17, 15) is 19.2 Å². The van der Waals surface area contributed by atoms with E-state index in [4.69, 9.17) is 26.8 Å². The van der Waals surface area contributed by atoms with Crippen molar-refractivity contribution in [1.82, 2.24) is 25.3 Å². The van der Waals surface area contributed by atoms with Gasteiger partial charge in [0.15, 0.2) is 17.2 Å². The van der Waals surface area contributed by atoms with Gasteiger partial charge in [0, 0.05) is 91.9 Å². The fourth-order valence-corrected chi connectivity index (χ4v) is 10.5. The maximum absolute atomic E-state index is 16.2. The van der Waals surface area contributed by atoms with Crippen LogP contribution in [0.5, 0.6) is 11.5 Å². The Balaban J connectivity index is 0.777. The average molecular weight is 953 g/mol. The summed E-state index contributed by atoms with van der Waals surface area (Å²) in [7, 11) is 3.17. The van der Waals surface area contributed by atoms with E-state index < -0.39 is 35.0 Å². The smallest absolute Gasteiger partial charge is 0.249 e. The number of rotatable bonds is 19. The minimum atomic E-state index is -1.06. The molecule has 5 N–H and O–H groups in total. The molecule has 4 heterocycles. The summed E-state index contributed by atoms with van der Waals surface area (Å²) < 4.78 is 45.7. The van der Waals surface area contributed by atoms with Gasteiger partial charge in [-0.05, 0) is 68.0 Å². The summed E-state index contributed by atoms with van der Waals surface area (Å²) in [5.41, 5.74) is 8.18. The van der Waals surface area contributed by atoms with Gasteiger partial charge >= 0.3 is 0 Å². The van der Waals surface area contributed by atoms with Gasteiger partial charge in [-0.2, -0.15) is 5.10 Å². The van der Waals surface area contributed by atoms with E-state index in [-0.39, 0.29) is 57.0 Å². The van der Waals surface area contributed by atoms with Crippen molar-refractivity contribution in [2.24, 2.45) is 12.8 Å². The molecule has 0 radical (unpaired) electrons. The molecule has 16 heteroatoms. The number of ether oxygens (including phenoxy) is 2. The minimum absolute atomic E-state index is 0.00365.